The highest BCUT2D eigenvalue weighted by atomic mass is 79.9. The van der Waals surface area contributed by atoms with Crippen LogP contribution in [-0.4, -0.2) is 25.2 Å². The van der Waals surface area contributed by atoms with E-state index in [2.05, 4.69) is 45.5 Å². The molecule has 98 valence electrons. The molecule has 1 fully saturated rings. The van der Waals surface area contributed by atoms with Gasteiger partial charge >= 0.3 is 5.97 Å². The molecule has 1 saturated carbocycles. The molecule has 0 spiro atoms. The lowest BCUT2D eigenvalue weighted by molar-refractivity contribution is -0.143. The highest BCUT2D eigenvalue weighted by molar-refractivity contribution is 9.10. The Balaban J connectivity index is 1.80. The molecule has 0 saturated heterocycles. The summed E-state index contributed by atoms with van der Waals surface area (Å²) >= 11 is 3.44. The summed E-state index contributed by atoms with van der Waals surface area (Å²) in [5, 5.41) is 3.29. The average Bonchev–Trinajstić information content (AvgIpc) is 2.33. The van der Waals surface area contributed by atoms with Crippen LogP contribution in [0.15, 0.2) is 28.7 Å². The average molecular weight is 312 g/mol. The Morgan fingerprint density at radius 2 is 2.00 bits per heavy atom. The number of methoxy groups -OCH3 is 1. The van der Waals surface area contributed by atoms with E-state index in [0.717, 1.165) is 17.3 Å². The van der Waals surface area contributed by atoms with Gasteiger partial charge in [-0.05, 0) is 43.4 Å². The van der Waals surface area contributed by atoms with Crippen molar-refractivity contribution < 1.29 is 9.53 Å². The van der Waals surface area contributed by atoms with Crippen LogP contribution in [0.1, 0.15) is 31.2 Å². The highest BCUT2D eigenvalue weighted by Crippen LogP contribution is 2.37. The second-order valence-electron chi connectivity index (χ2n) is 4.83. The van der Waals surface area contributed by atoms with Crippen LogP contribution in [0.4, 0.5) is 0 Å². The zero-order valence-corrected chi connectivity index (χ0v) is 12.2. The third-order valence-corrected chi connectivity index (χ3v) is 4.05. The van der Waals surface area contributed by atoms with Crippen molar-refractivity contribution >= 4 is 21.9 Å². The van der Waals surface area contributed by atoms with Gasteiger partial charge in [0.1, 0.15) is 6.04 Å². The van der Waals surface area contributed by atoms with E-state index in [1.807, 2.05) is 6.92 Å². The number of benzene rings is 1. The molecule has 18 heavy (non-hydrogen) atoms. The third kappa shape index (κ3) is 3.12. The van der Waals surface area contributed by atoms with Crippen molar-refractivity contribution in [2.45, 2.75) is 37.8 Å². The number of esters is 1. The van der Waals surface area contributed by atoms with Crippen molar-refractivity contribution in [2.24, 2.45) is 0 Å². The first kappa shape index (κ1) is 13.6. The van der Waals surface area contributed by atoms with Crippen LogP contribution in [0.3, 0.4) is 0 Å². The van der Waals surface area contributed by atoms with Gasteiger partial charge in [-0.3, -0.25) is 4.79 Å². The molecular formula is C14H18BrNO2. The lowest BCUT2D eigenvalue weighted by Crippen LogP contribution is -2.47. The standard InChI is InChI=1S/C14H18BrNO2/c1-9(14(17)18-2)16-13-7-11(8-13)10-3-5-12(15)6-4-10/h3-6,9,11,13,16H,7-8H2,1-2H3/t9-,11?,13?/m0/s1. The fraction of sp³-hybridized carbons (Fsp3) is 0.500. The minimum Gasteiger partial charge on any atom is -0.468 e. The van der Waals surface area contributed by atoms with Gasteiger partial charge in [0.15, 0.2) is 0 Å². The van der Waals surface area contributed by atoms with E-state index in [9.17, 15) is 4.79 Å². The second kappa shape index (κ2) is 5.85. The zero-order valence-electron chi connectivity index (χ0n) is 10.7. The lowest BCUT2D eigenvalue weighted by atomic mass is 9.75. The summed E-state index contributed by atoms with van der Waals surface area (Å²) in [6.07, 6.45) is 2.17. The fourth-order valence-electron chi connectivity index (χ4n) is 2.36. The predicted octanol–water partition coefficient (Wildman–Crippen LogP) is 2.85. The van der Waals surface area contributed by atoms with E-state index in [-0.39, 0.29) is 12.0 Å². The molecule has 1 aliphatic rings. The monoisotopic (exact) mass is 311 g/mol. The van der Waals surface area contributed by atoms with Crippen LogP contribution in [0.2, 0.25) is 0 Å². The van der Waals surface area contributed by atoms with Gasteiger partial charge in [0.05, 0.1) is 7.11 Å². The molecule has 0 radical (unpaired) electrons. The van der Waals surface area contributed by atoms with Crippen LogP contribution in [0.25, 0.3) is 0 Å². The van der Waals surface area contributed by atoms with Gasteiger partial charge in [0.25, 0.3) is 0 Å². The highest BCUT2D eigenvalue weighted by Gasteiger charge is 2.32. The Bertz CT molecular complexity index is 412. The Hall–Kier alpha value is -0.870. The van der Waals surface area contributed by atoms with Gasteiger partial charge in [-0.15, -0.1) is 0 Å². The number of rotatable bonds is 4. The van der Waals surface area contributed by atoms with Gasteiger partial charge in [0, 0.05) is 10.5 Å². The quantitative estimate of drug-likeness (QED) is 0.869. The van der Waals surface area contributed by atoms with Gasteiger partial charge in [0.2, 0.25) is 0 Å². The van der Waals surface area contributed by atoms with Crippen molar-refractivity contribution in [2.75, 3.05) is 7.11 Å². The Morgan fingerprint density at radius 1 is 1.39 bits per heavy atom. The smallest absolute Gasteiger partial charge is 0.322 e. The Labute approximate surface area is 116 Å². The number of hydrogen-bond donors (Lipinski definition) is 1. The van der Waals surface area contributed by atoms with Crippen molar-refractivity contribution in [3.63, 3.8) is 0 Å². The van der Waals surface area contributed by atoms with Gasteiger partial charge in [-0.2, -0.15) is 0 Å². The van der Waals surface area contributed by atoms with Gasteiger partial charge < -0.3 is 10.1 Å². The predicted molar refractivity (Wildman–Crippen MR) is 74.5 cm³/mol. The van der Waals surface area contributed by atoms with E-state index in [1.54, 1.807) is 0 Å². The molecule has 1 aliphatic carbocycles. The topological polar surface area (TPSA) is 38.3 Å². The number of halogens is 1. The molecule has 0 bridgehead atoms. The molecule has 0 unspecified atom stereocenters. The van der Waals surface area contributed by atoms with E-state index in [0.29, 0.717) is 12.0 Å². The summed E-state index contributed by atoms with van der Waals surface area (Å²) in [5.74, 6) is 0.419. The minimum absolute atomic E-state index is 0.193. The summed E-state index contributed by atoms with van der Waals surface area (Å²) in [6.45, 7) is 1.85. The molecular weight excluding hydrogens is 294 g/mol. The summed E-state index contributed by atoms with van der Waals surface area (Å²) in [4.78, 5) is 11.3. The van der Waals surface area contributed by atoms with Crippen LogP contribution in [0, 0.1) is 0 Å². The molecule has 0 aliphatic heterocycles. The molecule has 1 aromatic carbocycles. The molecule has 1 N–H and O–H groups in total. The van der Waals surface area contributed by atoms with Crippen molar-refractivity contribution in [1.29, 1.82) is 0 Å². The molecule has 2 rings (SSSR count). The fourth-order valence-corrected chi connectivity index (χ4v) is 2.62. The first-order valence-electron chi connectivity index (χ1n) is 6.19. The molecule has 0 heterocycles. The number of hydrogen-bond acceptors (Lipinski definition) is 3. The van der Waals surface area contributed by atoms with Crippen LogP contribution in [-0.2, 0) is 9.53 Å². The summed E-state index contributed by atoms with van der Waals surface area (Å²) in [7, 11) is 1.42. The largest absolute Gasteiger partial charge is 0.468 e. The molecule has 1 atom stereocenters. The van der Waals surface area contributed by atoms with Crippen molar-refractivity contribution in [3.8, 4) is 0 Å². The first-order chi connectivity index (χ1) is 8.60. The summed E-state index contributed by atoms with van der Waals surface area (Å²) in [6, 6.07) is 8.68. The normalized spacial score (nSPS) is 24.2. The SMILES string of the molecule is COC(=O)[C@H](C)NC1CC(c2ccc(Br)cc2)C1. The van der Waals surface area contributed by atoms with Crippen molar-refractivity contribution in [1.82, 2.24) is 5.32 Å². The summed E-state index contributed by atoms with van der Waals surface area (Å²) in [5.41, 5.74) is 1.38. The molecule has 3 nitrogen and oxygen atoms in total. The lowest BCUT2D eigenvalue weighted by Gasteiger charge is -2.37. The minimum atomic E-state index is -0.217. The van der Waals surface area contributed by atoms with E-state index >= 15 is 0 Å². The van der Waals surface area contributed by atoms with E-state index in [4.69, 9.17) is 4.74 Å². The first-order valence-corrected chi connectivity index (χ1v) is 6.98. The maximum Gasteiger partial charge on any atom is 0.322 e. The van der Waals surface area contributed by atoms with Crippen LogP contribution >= 0.6 is 15.9 Å². The maximum atomic E-state index is 11.3. The van der Waals surface area contributed by atoms with Gasteiger partial charge in [-0.25, -0.2) is 0 Å². The number of nitrogens with one attached hydrogen (secondary N) is 1. The maximum absolute atomic E-state index is 11.3. The number of ether oxygens (including phenoxy) is 1. The van der Waals surface area contributed by atoms with E-state index < -0.39 is 0 Å². The Morgan fingerprint density at radius 3 is 2.56 bits per heavy atom. The van der Waals surface area contributed by atoms with Crippen LogP contribution in [0.5, 0.6) is 0 Å². The zero-order chi connectivity index (χ0) is 13.1. The second-order valence-corrected chi connectivity index (χ2v) is 5.74. The molecule has 0 amide bonds. The van der Waals surface area contributed by atoms with Gasteiger partial charge in [-0.1, -0.05) is 28.1 Å². The molecule has 4 heteroatoms. The van der Waals surface area contributed by atoms with E-state index in [1.165, 1.54) is 12.7 Å². The number of carbonyl (C=O) groups excluding carboxylic acids is 1. The van der Waals surface area contributed by atoms with Crippen molar-refractivity contribution in [3.05, 3.63) is 34.3 Å². The number of carbonyl (C=O) groups is 1. The Kier molecular flexibility index (Phi) is 4.40. The molecule has 0 aromatic heterocycles. The van der Waals surface area contributed by atoms with Crippen LogP contribution < -0.4 is 5.32 Å². The third-order valence-electron chi connectivity index (χ3n) is 3.52. The summed E-state index contributed by atoms with van der Waals surface area (Å²) < 4.78 is 5.81. The molecule has 1 aromatic rings.